The third kappa shape index (κ3) is 4.93. The number of benzene rings is 1. The maximum atomic E-state index is 11.9. The number of esters is 1. The van der Waals surface area contributed by atoms with Gasteiger partial charge in [-0.25, -0.2) is 0 Å². The van der Waals surface area contributed by atoms with Crippen LogP contribution in [-0.4, -0.2) is 18.4 Å². The summed E-state index contributed by atoms with van der Waals surface area (Å²) in [5, 5.41) is 6.32. The number of hydrogen-bond donors (Lipinski definition) is 1. The third-order valence-electron chi connectivity index (χ3n) is 3.66. The van der Waals surface area contributed by atoms with Gasteiger partial charge in [-0.1, -0.05) is 32.9 Å². The van der Waals surface area contributed by atoms with E-state index in [4.69, 9.17) is 4.74 Å². The Morgan fingerprint density at radius 2 is 1.96 bits per heavy atom. The Bertz CT molecular complexity index is 715. The van der Waals surface area contributed by atoms with Crippen LogP contribution in [0.2, 0.25) is 0 Å². The first-order valence-corrected chi connectivity index (χ1v) is 8.84. The van der Waals surface area contributed by atoms with Crippen molar-refractivity contribution in [3.8, 4) is 5.75 Å². The van der Waals surface area contributed by atoms with Gasteiger partial charge in [-0.2, -0.15) is 11.3 Å². The van der Waals surface area contributed by atoms with E-state index < -0.39 is 0 Å². The SMILES string of the molecule is Cc1cc(C(C)(C)C)ccc1OC(=O)CCNC(=O)c1ccsc1. The van der Waals surface area contributed by atoms with Gasteiger partial charge in [0.2, 0.25) is 0 Å². The predicted molar refractivity (Wildman–Crippen MR) is 96.8 cm³/mol. The second kappa shape index (κ2) is 7.62. The molecule has 128 valence electrons. The first-order chi connectivity index (χ1) is 11.3. The van der Waals surface area contributed by atoms with Crippen LogP contribution in [0, 0.1) is 6.92 Å². The lowest BCUT2D eigenvalue weighted by molar-refractivity contribution is -0.134. The van der Waals surface area contributed by atoms with E-state index in [1.807, 2.05) is 30.5 Å². The molecule has 0 aliphatic carbocycles. The van der Waals surface area contributed by atoms with Crippen molar-refractivity contribution in [3.05, 3.63) is 51.7 Å². The van der Waals surface area contributed by atoms with Crippen molar-refractivity contribution in [3.63, 3.8) is 0 Å². The molecule has 0 unspecified atom stereocenters. The van der Waals surface area contributed by atoms with E-state index in [2.05, 4.69) is 26.1 Å². The summed E-state index contributed by atoms with van der Waals surface area (Å²) >= 11 is 1.46. The Hall–Kier alpha value is -2.14. The highest BCUT2D eigenvalue weighted by atomic mass is 32.1. The Balaban J connectivity index is 1.85. The second-order valence-corrected chi connectivity index (χ2v) is 7.50. The van der Waals surface area contributed by atoms with Crippen molar-refractivity contribution in [2.75, 3.05) is 6.54 Å². The molecule has 1 aromatic carbocycles. The first kappa shape index (κ1) is 18.2. The molecule has 4 nitrogen and oxygen atoms in total. The molecule has 24 heavy (non-hydrogen) atoms. The molecule has 0 saturated heterocycles. The molecule has 1 aromatic heterocycles. The minimum absolute atomic E-state index is 0.0548. The van der Waals surface area contributed by atoms with E-state index >= 15 is 0 Å². The number of carbonyl (C=O) groups excluding carboxylic acids is 2. The number of rotatable bonds is 5. The number of hydrogen-bond acceptors (Lipinski definition) is 4. The van der Waals surface area contributed by atoms with Crippen molar-refractivity contribution >= 4 is 23.2 Å². The van der Waals surface area contributed by atoms with E-state index in [1.54, 1.807) is 11.4 Å². The van der Waals surface area contributed by atoms with Gasteiger partial charge in [0.05, 0.1) is 6.42 Å². The van der Waals surface area contributed by atoms with Crippen LogP contribution >= 0.6 is 11.3 Å². The Kier molecular flexibility index (Phi) is 5.78. The maximum Gasteiger partial charge on any atom is 0.312 e. The molecule has 0 bridgehead atoms. The molecule has 1 N–H and O–H groups in total. The van der Waals surface area contributed by atoms with Crippen molar-refractivity contribution in [2.24, 2.45) is 0 Å². The topological polar surface area (TPSA) is 55.4 Å². The number of amides is 1. The summed E-state index contributed by atoms with van der Waals surface area (Å²) in [6, 6.07) is 7.60. The minimum Gasteiger partial charge on any atom is -0.426 e. The van der Waals surface area contributed by atoms with Crippen LogP contribution in [0.4, 0.5) is 0 Å². The van der Waals surface area contributed by atoms with Crippen LogP contribution in [-0.2, 0) is 10.2 Å². The molecule has 0 radical (unpaired) electrons. The van der Waals surface area contributed by atoms with Gasteiger partial charge in [0.25, 0.3) is 5.91 Å². The van der Waals surface area contributed by atoms with E-state index in [1.165, 1.54) is 16.9 Å². The molecule has 2 rings (SSSR count). The highest BCUT2D eigenvalue weighted by Gasteiger charge is 2.16. The van der Waals surface area contributed by atoms with Crippen LogP contribution in [0.25, 0.3) is 0 Å². The molecule has 1 heterocycles. The highest BCUT2D eigenvalue weighted by molar-refractivity contribution is 7.08. The van der Waals surface area contributed by atoms with Gasteiger partial charge in [0.15, 0.2) is 0 Å². The molecule has 0 aliphatic heterocycles. The summed E-state index contributed by atoms with van der Waals surface area (Å²) in [6.45, 7) is 8.61. The largest absolute Gasteiger partial charge is 0.426 e. The molecule has 0 aliphatic rings. The fourth-order valence-corrected chi connectivity index (χ4v) is 2.81. The maximum absolute atomic E-state index is 11.9. The quantitative estimate of drug-likeness (QED) is 0.656. The van der Waals surface area contributed by atoms with Crippen LogP contribution in [0.1, 0.15) is 48.7 Å². The molecular weight excluding hydrogens is 322 g/mol. The third-order valence-corrected chi connectivity index (χ3v) is 4.35. The van der Waals surface area contributed by atoms with Gasteiger partial charge in [-0.3, -0.25) is 9.59 Å². The average Bonchev–Trinajstić information content (AvgIpc) is 3.02. The van der Waals surface area contributed by atoms with E-state index in [9.17, 15) is 9.59 Å². The smallest absolute Gasteiger partial charge is 0.312 e. The standard InChI is InChI=1S/C19H23NO3S/c1-13-11-15(19(2,3)4)5-6-16(13)23-17(21)7-9-20-18(22)14-8-10-24-12-14/h5-6,8,10-12H,7,9H2,1-4H3,(H,20,22). The zero-order chi connectivity index (χ0) is 17.7. The van der Waals surface area contributed by atoms with Gasteiger partial charge in [0.1, 0.15) is 5.75 Å². The molecule has 0 spiro atoms. The molecule has 0 atom stereocenters. The fourth-order valence-electron chi connectivity index (χ4n) is 2.18. The second-order valence-electron chi connectivity index (χ2n) is 6.72. The molecule has 5 heteroatoms. The predicted octanol–water partition coefficient (Wildman–Crippen LogP) is 4.08. The monoisotopic (exact) mass is 345 g/mol. The summed E-state index contributed by atoms with van der Waals surface area (Å²) in [4.78, 5) is 23.7. The van der Waals surface area contributed by atoms with Crippen molar-refractivity contribution in [2.45, 2.75) is 39.5 Å². The summed E-state index contributed by atoms with van der Waals surface area (Å²) in [5.74, 6) is 0.0409. The Morgan fingerprint density at radius 1 is 1.21 bits per heavy atom. The van der Waals surface area contributed by atoms with Crippen LogP contribution in [0.3, 0.4) is 0 Å². The molecule has 2 aromatic rings. The lowest BCUT2D eigenvalue weighted by Gasteiger charge is -2.20. The summed E-state index contributed by atoms with van der Waals surface area (Å²) in [5.41, 5.74) is 2.79. The zero-order valence-electron chi connectivity index (χ0n) is 14.5. The van der Waals surface area contributed by atoms with Crippen LogP contribution < -0.4 is 10.1 Å². The highest BCUT2D eigenvalue weighted by Crippen LogP contribution is 2.27. The first-order valence-electron chi connectivity index (χ1n) is 7.89. The number of aryl methyl sites for hydroxylation is 1. The average molecular weight is 345 g/mol. The summed E-state index contributed by atoms with van der Waals surface area (Å²) < 4.78 is 5.40. The Labute approximate surface area is 146 Å². The minimum atomic E-state index is -0.354. The number of thiophene rings is 1. The van der Waals surface area contributed by atoms with Crippen LogP contribution in [0.15, 0.2) is 35.0 Å². The molecule has 0 saturated carbocycles. The lowest BCUT2D eigenvalue weighted by Crippen LogP contribution is -2.26. The van der Waals surface area contributed by atoms with Gasteiger partial charge in [-0.05, 0) is 41.0 Å². The molecular formula is C19H23NO3S. The van der Waals surface area contributed by atoms with E-state index in [0.717, 1.165) is 5.56 Å². The zero-order valence-corrected chi connectivity index (χ0v) is 15.3. The van der Waals surface area contributed by atoms with Crippen molar-refractivity contribution < 1.29 is 14.3 Å². The van der Waals surface area contributed by atoms with E-state index in [0.29, 0.717) is 11.3 Å². The van der Waals surface area contributed by atoms with Gasteiger partial charge in [-0.15, -0.1) is 0 Å². The normalized spacial score (nSPS) is 11.2. The molecule has 0 fully saturated rings. The van der Waals surface area contributed by atoms with Crippen LogP contribution in [0.5, 0.6) is 5.75 Å². The van der Waals surface area contributed by atoms with Crippen molar-refractivity contribution in [1.29, 1.82) is 0 Å². The number of carbonyl (C=O) groups is 2. The van der Waals surface area contributed by atoms with Gasteiger partial charge < -0.3 is 10.1 Å². The van der Waals surface area contributed by atoms with Crippen molar-refractivity contribution in [1.82, 2.24) is 5.32 Å². The van der Waals surface area contributed by atoms with Gasteiger partial charge in [0, 0.05) is 17.5 Å². The van der Waals surface area contributed by atoms with E-state index in [-0.39, 0.29) is 30.3 Å². The number of ether oxygens (including phenoxy) is 1. The van der Waals surface area contributed by atoms with Gasteiger partial charge >= 0.3 is 5.97 Å². The summed E-state index contributed by atoms with van der Waals surface area (Å²) in [6.07, 6.45) is 0.135. The molecule has 1 amide bonds. The Morgan fingerprint density at radius 3 is 2.54 bits per heavy atom. The lowest BCUT2D eigenvalue weighted by atomic mass is 9.86. The number of nitrogens with one attached hydrogen (secondary N) is 1. The fraction of sp³-hybridized carbons (Fsp3) is 0.368. The summed E-state index contributed by atoms with van der Waals surface area (Å²) in [7, 11) is 0.